The predicted molar refractivity (Wildman–Crippen MR) is 82.0 cm³/mol. The number of benzene rings is 2. The zero-order chi connectivity index (χ0) is 14.4. The number of hydrogen-bond acceptors (Lipinski definition) is 1. The van der Waals surface area contributed by atoms with Crippen LogP contribution in [-0.4, -0.2) is 5.11 Å². The third kappa shape index (κ3) is 3.51. The minimum atomic E-state index is -0.653. The van der Waals surface area contributed by atoms with Crippen LogP contribution in [0.4, 0.5) is 0 Å². The van der Waals surface area contributed by atoms with Crippen molar-refractivity contribution < 1.29 is 5.11 Å². The van der Waals surface area contributed by atoms with Crippen LogP contribution < -0.4 is 0 Å². The van der Waals surface area contributed by atoms with Gasteiger partial charge in [-0.05, 0) is 36.2 Å². The molecule has 1 heteroatoms. The smallest absolute Gasteiger partial charge is 0.0911 e. The molecule has 1 unspecified atom stereocenters. The fourth-order valence-corrected chi connectivity index (χ4v) is 2.00. The van der Waals surface area contributed by atoms with Crippen molar-refractivity contribution in [1.82, 2.24) is 0 Å². The van der Waals surface area contributed by atoms with E-state index in [-0.39, 0.29) is 0 Å². The first-order valence-corrected chi connectivity index (χ1v) is 6.50. The Kier molecular flexibility index (Phi) is 4.61. The van der Waals surface area contributed by atoms with Crippen LogP contribution in [0.2, 0.25) is 0 Å². The molecule has 2 aromatic rings. The average Bonchev–Trinajstić information content (AvgIpc) is 2.47. The number of hydrogen-bond donors (Lipinski definition) is 1. The highest BCUT2D eigenvalue weighted by molar-refractivity contribution is 5.42. The molecular formula is C19H16O. The van der Waals surface area contributed by atoms with Crippen LogP contribution in [0.3, 0.4) is 0 Å². The zero-order valence-electron chi connectivity index (χ0n) is 11.4. The van der Waals surface area contributed by atoms with Crippen molar-refractivity contribution in [2.75, 3.05) is 0 Å². The quantitative estimate of drug-likeness (QED) is 0.820. The van der Waals surface area contributed by atoms with Crippen molar-refractivity contribution in [3.8, 4) is 24.2 Å². The summed E-state index contributed by atoms with van der Waals surface area (Å²) in [6.07, 6.45) is 5.14. The molecule has 0 radical (unpaired) electrons. The molecule has 0 spiro atoms. The lowest BCUT2D eigenvalue weighted by Crippen LogP contribution is -1.99. The van der Waals surface area contributed by atoms with E-state index < -0.39 is 6.10 Å². The van der Waals surface area contributed by atoms with Gasteiger partial charge in [-0.3, -0.25) is 0 Å². The van der Waals surface area contributed by atoms with Gasteiger partial charge in [0.1, 0.15) is 0 Å². The molecular weight excluding hydrogens is 244 g/mol. The molecule has 0 fully saturated rings. The summed E-state index contributed by atoms with van der Waals surface area (Å²) in [6.45, 7) is 2.03. The Morgan fingerprint density at radius 2 is 1.95 bits per heavy atom. The van der Waals surface area contributed by atoms with Crippen LogP contribution in [-0.2, 0) is 0 Å². The number of terminal acetylenes is 1. The van der Waals surface area contributed by atoms with Crippen LogP contribution in [0.1, 0.15) is 34.8 Å². The molecule has 0 saturated carbocycles. The number of aliphatic hydroxyl groups excluding tert-OH is 1. The summed E-state index contributed by atoms with van der Waals surface area (Å²) in [6, 6.07) is 15.4. The largest absolute Gasteiger partial charge is 0.387 e. The van der Waals surface area contributed by atoms with Gasteiger partial charge in [-0.2, -0.15) is 0 Å². The normalized spacial score (nSPS) is 11.1. The van der Waals surface area contributed by atoms with E-state index in [1.807, 2.05) is 55.5 Å². The molecule has 0 aliphatic carbocycles. The minimum Gasteiger partial charge on any atom is -0.387 e. The minimum absolute atomic E-state index is 0.368. The Hall–Kier alpha value is -2.48. The molecule has 0 saturated heterocycles. The van der Waals surface area contributed by atoms with E-state index in [1.165, 1.54) is 5.56 Å². The van der Waals surface area contributed by atoms with Gasteiger partial charge in [-0.1, -0.05) is 48.1 Å². The average molecular weight is 260 g/mol. The second-order valence-electron chi connectivity index (χ2n) is 4.62. The highest BCUT2D eigenvalue weighted by Crippen LogP contribution is 2.19. The number of aliphatic hydroxyl groups is 1. The van der Waals surface area contributed by atoms with E-state index in [1.54, 1.807) is 0 Å². The summed E-state index contributed by atoms with van der Waals surface area (Å²) in [5, 5.41) is 10.2. The zero-order valence-corrected chi connectivity index (χ0v) is 11.4. The lowest BCUT2D eigenvalue weighted by atomic mass is 10.0. The van der Waals surface area contributed by atoms with Crippen molar-refractivity contribution in [3.63, 3.8) is 0 Å². The van der Waals surface area contributed by atoms with Crippen LogP contribution >= 0.6 is 0 Å². The van der Waals surface area contributed by atoms with Crippen molar-refractivity contribution >= 4 is 0 Å². The fraction of sp³-hybridized carbons (Fsp3) is 0.158. The van der Waals surface area contributed by atoms with Gasteiger partial charge in [0, 0.05) is 17.5 Å². The molecule has 2 aromatic carbocycles. The molecule has 1 N–H and O–H groups in total. The molecule has 0 amide bonds. The molecule has 0 aromatic heterocycles. The third-order valence-corrected chi connectivity index (χ3v) is 3.02. The van der Waals surface area contributed by atoms with Gasteiger partial charge in [0.05, 0.1) is 6.10 Å². The molecule has 1 atom stereocenters. The van der Waals surface area contributed by atoms with Gasteiger partial charge in [0.2, 0.25) is 0 Å². The lowest BCUT2D eigenvalue weighted by Gasteiger charge is -2.09. The standard InChI is InChI=1S/C19H16O/c1-3-17-11-4-5-12-18(17)19(20)13-7-10-16-9-6-8-15(2)14-16/h1,4-6,8-9,11-12,14,19-20H,13H2,2H3. The van der Waals surface area contributed by atoms with E-state index in [9.17, 15) is 5.11 Å². The Balaban J connectivity index is 2.10. The van der Waals surface area contributed by atoms with Crippen molar-refractivity contribution in [2.24, 2.45) is 0 Å². The van der Waals surface area contributed by atoms with Crippen LogP contribution in [0.5, 0.6) is 0 Å². The fourth-order valence-electron chi connectivity index (χ4n) is 2.00. The van der Waals surface area contributed by atoms with Crippen LogP contribution in [0.15, 0.2) is 48.5 Å². The summed E-state index contributed by atoms with van der Waals surface area (Å²) in [7, 11) is 0. The monoisotopic (exact) mass is 260 g/mol. The number of aryl methyl sites for hydroxylation is 1. The lowest BCUT2D eigenvalue weighted by molar-refractivity contribution is 0.183. The van der Waals surface area contributed by atoms with Crippen molar-refractivity contribution in [1.29, 1.82) is 0 Å². The van der Waals surface area contributed by atoms with Crippen molar-refractivity contribution in [2.45, 2.75) is 19.4 Å². The summed E-state index contributed by atoms with van der Waals surface area (Å²) >= 11 is 0. The van der Waals surface area contributed by atoms with Crippen LogP contribution in [0, 0.1) is 31.1 Å². The predicted octanol–water partition coefficient (Wildman–Crippen LogP) is 3.45. The summed E-state index contributed by atoms with van der Waals surface area (Å²) in [5.74, 6) is 8.66. The molecule has 20 heavy (non-hydrogen) atoms. The Morgan fingerprint density at radius 1 is 1.15 bits per heavy atom. The Bertz CT molecular complexity index is 695. The van der Waals surface area contributed by atoms with Gasteiger partial charge in [-0.25, -0.2) is 0 Å². The Labute approximate surface area is 120 Å². The topological polar surface area (TPSA) is 20.2 Å². The van der Waals surface area contributed by atoms with E-state index in [2.05, 4.69) is 17.8 Å². The molecule has 0 bridgehead atoms. The van der Waals surface area contributed by atoms with Gasteiger partial charge in [-0.15, -0.1) is 6.42 Å². The summed E-state index contributed by atoms with van der Waals surface area (Å²) in [4.78, 5) is 0. The molecule has 98 valence electrons. The molecule has 2 rings (SSSR count). The van der Waals surface area contributed by atoms with Gasteiger partial charge >= 0.3 is 0 Å². The Morgan fingerprint density at radius 3 is 2.70 bits per heavy atom. The highest BCUT2D eigenvalue weighted by atomic mass is 16.3. The van der Waals surface area contributed by atoms with E-state index in [4.69, 9.17) is 6.42 Å². The maximum Gasteiger partial charge on any atom is 0.0911 e. The third-order valence-electron chi connectivity index (χ3n) is 3.02. The number of rotatable bonds is 2. The maximum atomic E-state index is 10.2. The molecule has 0 heterocycles. The van der Waals surface area contributed by atoms with Gasteiger partial charge in [0.25, 0.3) is 0 Å². The van der Waals surface area contributed by atoms with Gasteiger partial charge < -0.3 is 5.11 Å². The first-order valence-electron chi connectivity index (χ1n) is 6.50. The van der Waals surface area contributed by atoms with Gasteiger partial charge in [0.15, 0.2) is 0 Å². The molecule has 0 aliphatic rings. The van der Waals surface area contributed by atoms with E-state index in [0.29, 0.717) is 6.42 Å². The van der Waals surface area contributed by atoms with E-state index in [0.717, 1.165) is 16.7 Å². The summed E-state index contributed by atoms with van der Waals surface area (Å²) < 4.78 is 0. The molecule has 0 aliphatic heterocycles. The first kappa shape index (κ1) is 13.9. The highest BCUT2D eigenvalue weighted by Gasteiger charge is 2.09. The van der Waals surface area contributed by atoms with E-state index >= 15 is 0 Å². The van der Waals surface area contributed by atoms with Crippen molar-refractivity contribution in [3.05, 3.63) is 70.8 Å². The maximum absolute atomic E-state index is 10.2. The molecule has 1 nitrogen and oxygen atoms in total. The second kappa shape index (κ2) is 6.62. The SMILES string of the molecule is C#Cc1ccccc1C(O)CC#Cc1cccc(C)c1. The van der Waals surface area contributed by atoms with Crippen LogP contribution in [0.25, 0.3) is 0 Å². The first-order chi connectivity index (χ1) is 9.70. The summed E-state index contributed by atoms with van der Waals surface area (Å²) in [5.41, 5.74) is 3.61. The second-order valence-corrected chi connectivity index (χ2v) is 4.62.